The maximum Gasteiger partial charge on any atom is 0.326 e. The normalized spacial score (nSPS) is 20.6. The summed E-state index contributed by atoms with van der Waals surface area (Å²) in [5.74, 6) is -7.79. The molecule has 3 saturated heterocycles. The summed E-state index contributed by atoms with van der Waals surface area (Å²) >= 11 is 0. The first-order valence-electron chi connectivity index (χ1n) is 20.2. The summed E-state index contributed by atoms with van der Waals surface area (Å²) in [6, 6.07) is 0.534. The molecule has 1 aromatic rings. The highest BCUT2D eigenvalue weighted by atomic mass is 16.4. The van der Waals surface area contributed by atoms with Gasteiger partial charge in [0.1, 0.15) is 36.3 Å². The van der Waals surface area contributed by atoms with E-state index in [1.807, 2.05) is 0 Å². The van der Waals surface area contributed by atoms with Crippen LogP contribution in [-0.2, 0) is 54.4 Å². The van der Waals surface area contributed by atoms with Crippen LogP contribution in [0.5, 0.6) is 0 Å². The van der Waals surface area contributed by atoms with Crippen molar-refractivity contribution in [1.29, 1.82) is 0 Å². The van der Waals surface area contributed by atoms with Crippen LogP contribution >= 0.6 is 0 Å². The molecule has 1 aromatic carbocycles. The minimum Gasteiger partial charge on any atom is -0.480 e. The van der Waals surface area contributed by atoms with Crippen molar-refractivity contribution < 1.29 is 53.1 Å². The Bertz CT molecular complexity index is 1770. The molecule has 21 heteroatoms. The first-order chi connectivity index (χ1) is 28.5. The Morgan fingerprint density at radius 3 is 1.55 bits per heavy atom. The zero-order valence-electron chi connectivity index (χ0n) is 33.4. The van der Waals surface area contributed by atoms with E-state index in [2.05, 4.69) is 26.6 Å². The molecule has 3 heterocycles. The van der Waals surface area contributed by atoms with Gasteiger partial charge in [0.15, 0.2) is 0 Å². The standard InChI is InChI=1S/C39H56N10O11/c40-30(50)15-12-24(44-33(53)23-9-4-18-43-23)34(54)45-25(13-16-31(41)51)37(57)48-19-5-10-28(48)35(55)46-26(14-17-32(42)52)38(58)49-20-6-11-29(49)36(56)47-27(39(59)60)21-22-7-2-1-3-8-22/h1-3,7-8,23-29,43H,4-6,9-21H2,(H2,40,50)(H2,41,51)(H2,42,52)(H,44,53)(H,45,54)(H,46,55)(H,47,56)(H,59,60)/t23-,24-,25-,26-,27-,28-,29-/m0/s1. The lowest BCUT2D eigenvalue weighted by atomic mass is 10.0. The summed E-state index contributed by atoms with van der Waals surface area (Å²) in [5.41, 5.74) is 16.8. The Morgan fingerprint density at radius 2 is 1.08 bits per heavy atom. The Labute approximate surface area is 346 Å². The number of primary amides is 3. The Morgan fingerprint density at radius 1 is 0.617 bits per heavy atom. The number of nitrogens with zero attached hydrogens (tertiary/aromatic N) is 2. The highest BCUT2D eigenvalue weighted by molar-refractivity contribution is 5.98. The number of aliphatic carboxylic acids is 1. The van der Waals surface area contributed by atoms with Gasteiger partial charge in [0.25, 0.3) is 0 Å². The monoisotopic (exact) mass is 840 g/mol. The lowest BCUT2D eigenvalue weighted by Gasteiger charge is -2.32. The third-order valence-electron chi connectivity index (χ3n) is 10.9. The van der Waals surface area contributed by atoms with Gasteiger partial charge in [-0.25, -0.2) is 4.79 Å². The number of rotatable bonds is 22. The third-order valence-corrected chi connectivity index (χ3v) is 10.9. The lowest BCUT2D eigenvalue weighted by Crippen LogP contribution is -2.59. The molecule has 60 heavy (non-hydrogen) atoms. The Balaban J connectivity index is 1.48. The molecule has 0 bridgehead atoms. The highest BCUT2D eigenvalue weighted by Gasteiger charge is 2.42. The van der Waals surface area contributed by atoms with Crippen molar-refractivity contribution in [2.45, 2.75) is 126 Å². The van der Waals surface area contributed by atoms with Crippen LogP contribution in [-0.4, -0.2) is 136 Å². The maximum absolute atomic E-state index is 14.1. The molecule has 3 fully saturated rings. The van der Waals surface area contributed by atoms with Crippen molar-refractivity contribution in [3.63, 3.8) is 0 Å². The maximum atomic E-state index is 14.1. The molecule has 0 saturated carbocycles. The average Bonchev–Trinajstić information content (AvgIpc) is 4.02. The molecule has 7 atom stereocenters. The number of likely N-dealkylation sites (tertiary alicyclic amines) is 2. The minimum absolute atomic E-state index is 0.00583. The summed E-state index contributed by atoms with van der Waals surface area (Å²) in [7, 11) is 0. The van der Waals surface area contributed by atoms with E-state index in [1.54, 1.807) is 30.3 Å². The molecule has 0 aromatic heterocycles. The van der Waals surface area contributed by atoms with Gasteiger partial charge < -0.3 is 58.7 Å². The second-order valence-corrected chi connectivity index (χ2v) is 15.3. The van der Waals surface area contributed by atoms with Crippen LogP contribution in [0.4, 0.5) is 0 Å². The third kappa shape index (κ3) is 13.5. The number of carboxylic acid groups (broad SMARTS) is 1. The summed E-state index contributed by atoms with van der Waals surface area (Å²) in [6.45, 7) is 0.756. The zero-order chi connectivity index (χ0) is 43.9. The number of benzene rings is 1. The fraction of sp³-hybridized carbons (Fsp3) is 0.590. The molecule has 9 amide bonds. The summed E-state index contributed by atoms with van der Waals surface area (Å²) < 4.78 is 0. The van der Waals surface area contributed by atoms with Gasteiger partial charge in [0.2, 0.25) is 53.2 Å². The highest BCUT2D eigenvalue weighted by Crippen LogP contribution is 2.23. The predicted octanol–water partition coefficient (Wildman–Crippen LogP) is -3.22. The van der Waals surface area contributed by atoms with Crippen molar-refractivity contribution in [1.82, 2.24) is 36.4 Å². The molecule has 0 spiro atoms. The quantitative estimate of drug-likeness (QED) is 0.0557. The fourth-order valence-electron chi connectivity index (χ4n) is 7.69. The van der Waals surface area contributed by atoms with Crippen molar-refractivity contribution in [2.75, 3.05) is 19.6 Å². The number of hydrogen-bond acceptors (Lipinski definition) is 11. The van der Waals surface area contributed by atoms with Crippen molar-refractivity contribution in [3.8, 4) is 0 Å². The van der Waals surface area contributed by atoms with Crippen molar-refractivity contribution in [3.05, 3.63) is 35.9 Å². The van der Waals surface area contributed by atoms with Crippen LogP contribution in [0.3, 0.4) is 0 Å². The molecule has 12 N–H and O–H groups in total. The van der Waals surface area contributed by atoms with Gasteiger partial charge in [-0.3, -0.25) is 43.2 Å². The molecule has 328 valence electrons. The van der Waals surface area contributed by atoms with Crippen LogP contribution in [0.2, 0.25) is 0 Å². The van der Waals surface area contributed by atoms with Crippen LogP contribution < -0.4 is 43.8 Å². The van der Waals surface area contributed by atoms with Crippen LogP contribution in [0.15, 0.2) is 30.3 Å². The number of nitrogens with one attached hydrogen (secondary N) is 5. The molecule has 21 nitrogen and oxygen atoms in total. The smallest absolute Gasteiger partial charge is 0.326 e. The van der Waals surface area contributed by atoms with Gasteiger partial charge in [-0.05, 0) is 69.9 Å². The molecule has 3 aliphatic rings. The van der Waals surface area contributed by atoms with E-state index in [4.69, 9.17) is 17.2 Å². The number of carboxylic acids is 1. The molecule has 0 unspecified atom stereocenters. The van der Waals surface area contributed by atoms with E-state index in [9.17, 15) is 53.1 Å². The average molecular weight is 841 g/mol. The molecule has 0 radical (unpaired) electrons. The summed E-state index contributed by atoms with van der Waals surface area (Å²) in [4.78, 5) is 132. The molecule has 4 rings (SSSR count). The number of hydrogen-bond donors (Lipinski definition) is 9. The molecule has 0 aliphatic carbocycles. The van der Waals surface area contributed by atoms with E-state index < -0.39 is 101 Å². The Kier molecular flexibility index (Phi) is 17.3. The fourth-order valence-corrected chi connectivity index (χ4v) is 7.69. The van der Waals surface area contributed by atoms with Gasteiger partial charge in [0, 0.05) is 38.8 Å². The lowest BCUT2D eigenvalue weighted by molar-refractivity contribution is -0.146. The minimum atomic E-state index is -1.40. The van der Waals surface area contributed by atoms with E-state index in [1.165, 1.54) is 9.80 Å². The second-order valence-electron chi connectivity index (χ2n) is 15.3. The molecular formula is C39H56N10O11. The first kappa shape index (κ1) is 46.6. The number of amides is 9. The Hall–Kier alpha value is -6.12. The zero-order valence-corrected chi connectivity index (χ0v) is 33.4. The second kappa shape index (κ2) is 22.3. The number of nitrogens with two attached hydrogens (primary N) is 3. The van der Waals surface area contributed by atoms with Crippen LogP contribution in [0.1, 0.15) is 82.6 Å². The van der Waals surface area contributed by atoms with E-state index >= 15 is 0 Å². The van der Waals surface area contributed by atoms with Crippen LogP contribution in [0.25, 0.3) is 0 Å². The number of carbonyl (C=O) groups is 10. The van der Waals surface area contributed by atoms with E-state index in [-0.39, 0.29) is 70.9 Å². The van der Waals surface area contributed by atoms with Gasteiger partial charge in [-0.1, -0.05) is 30.3 Å². The topological polar surface area (TPSA) is 336 Å². The first-order valence-corrected chi connectivity index (χ1v) is 20.2. The summed E-state index contributed by atoms with van der Waals surface area (Å²) in [5, 5.41) is 23.2. The van der Waals surface area contributed by atoms with Gasteiger partial charge in [-0.2, -0.15) is 0 Å². The van der Waals surface area contributed by atoms with Gasteiger partial charge >= 0.3 is 5.97 Å². The largest absolute Gasteiger partial charge is 0.480 e. The molecular weight excluding hydrogens is 784 g/mol. The summed E-state index contributed by atoms with van der Waals surface area (Å²) in [6.07, 6.45) is 0.734. The van der Waals surface area contributed by atoms with E-state index in [0.717, 1.165) is 6.42 Å². The van der Waals surface area contributed by atoms with Gasteiger partial charge in [0.05, 0.1) is 6.04 Å². The van der Waals surface area contributed by atoms with Crippen molar-refractivity contribution in [2.24, 2.45) is 17.2 Å². The number of carbonyl (C=O) groups excluding carboxylic acids is 9. The predicted molar refractivity (Wildman–Crippen MR) is 211 cm³/mol. The van der Waals surface area contributed by atoms with Gasteiger partial charge in [-0.15, -0.1) is 0 Å². The molecule has 3 aliphatic heterocycles. The van der Waals surface area contributed by atoms with E-state index in [0.29, 0.717) is 31.4 Å². The SMILES string of the molecule is NC(=O)CC[C@H](NC(=O)[C@@H]1CCCN1)C(=O)N[C@@H](CCC(N)=O)C(=O)N1CCC[C@H]1C(=O)N[C@@H](CCC(N)=O)C(=O)N1CCC[C@H]1C(=O)N[C@@H](Cc1ccccc1)C(=O)O. The van der Waals surface area contributed by atoms with Crippen molar-refractivity contribution >= 4 is 59.1 Å². The van der Waals surface area contributed by atoms with Crippen LogP contribution in [0, 0.1) is 0 Å².